The fraction of sp³-hybridized carbons (Fsp3) is 0. The second kappa shape index (κ2) is 12.1. The maximum atomic E-state index is 5.23. The van der Waals surface area contributed by atoms with Crippen molar-refractivity contribution in [2.24, 2.45) is 0 Å². The molecule has 0 saturated heterocycles. The molecular formula is C50H32N4. The van der Waals surface area contributed by atoms with Crippen LogP contribution in [-0.4, -0.2) is 19.1 Å². The predicted octanol–water partition coefficient (Wildman–Crippen LogP) is 12.8. The summed E-state index contributed by atoms with van der Waals surface area (Å²) in [6.07, 6.45) is 0. The third kappa shape index (κ3) is 4.70. The maximum Gasteiger partial charge on any atom is 0.160 e. The molecule has 0 bridgehead atoms. The van der Waals surface area contributed by atoms with Crippen LogP contribution in [0.3, 0.4) is 0 Å². The minimum absolute atomic E-state index is 0.703. The molecule has 54 heavy (non-hydrogen) atoms. The summed E-state index contributed by atoms with van der Waals surface area (Å²) >= 11 is 0. The van der Waals surface area contributed by atoms with Gasteiger partial charge in [0, 0.05) is 49.3 Å². The zero-order valence-corrected chi connectivity index (χ0v) is 29.3. The minimum Gasteiger partial charge on any atom is -0.309 e. The smallest absolute Gasteiger partial charge is 0.160 e. The highest BCUT2D eigenvalue weighted by atomic mass is 15.0. The van der Waals surface area contributed by atoms with Crippen molar-refractivity contribution in [3.05, 3.63) is 194 Å². The van der Waals surface area contributed by atoms with E-state index < -0.39 is 0 Å². The summed E-state index contributed by atoms with van der Waals surface area (Å²) in [6.45, 7) is 0. The van der Waals surface area contributed by atoms with Crippen molar-refractivity contribution in [2.75, 3.05) is 0 Å². The number of hydrogen-bond acceptors (Lipinski definition) is 2. The van der Waals surface area contributed by atoms with Gasteiger partial charge in [0.05, 0.1) is 39.0 Å². The second-order valence-electron chi connectivity index (χ2n) is 13.8. The fourth-order valence-corrected chi connectivity index (χ4v) is 8.30. The highest BCUT2D eigenvalue weighted by Crippen LogP contribution is 2.40. The monoisotopic (exact) mass is 688 g/mol. The second-order valence-corrected chi connectivity index (χ2v) is 13.8. The maximum absolute atomic E-state index is 5.23. The topological polar surface area (TPSA) is 35.6 Å². The van der Waals surface area contributed by atoms with E-state index in [-0.39, 0.29) is 0 Å². The predicted molar refractivity (Wildman–Crippen MR) is 225 cm³/mol. The van der Waals surface area contributed by atoms with Crippen LogP contribution in [0.5, 0.6) is 0 Å². The summed E-state index contributed by atoms with van der Waals surface area (Å²) in [4.78, 5) is 10.3. The van der Waals surface area contributed by atoms with E-state index in [9.17, 15) is 0 Å². The lowest BCUT2D eigenvalue weighted by molar-refractivity contribution is 1.16. The number of benzene rings is 8. The summed E-state index contributed by atoms with van der Waals surface area (Å²) in [7, 11) is 0. The van der Waals surface area contributed by atoms with Gasteiger partial charge in [-0.1, -0.05) is 133 Å². The molecule has 0 N–H and O–H groups in total. The molecule has 0 unspecified atom stereocenters. The van der Waals surface area contributed by atoms with Crippen LogP contribution in [-0.2, 0) is 0 Å². The summed E-state index contributed by atoms with van der Waals surface area (Å²) in [5.41, 5.74) is 13.1. The standard InChI is InChI=1S/C50H32N4/c1-3-15-33(16-4-1)41-31-35(50-51-43-23-11-7-22-40(43)49(52-50)34-17-5-2-6-18-34)27-29-47(41)54-46-26-14-10-21-39(46)42-32-36(28-30-48(42)54)53-44-24-12-8-19-37(44)38-20-9-13-25-45(38)53/h1-32H. The van der Waals surface area contributed by atoms with E-state index in [1.165, 1.54) is 32.6 Å². The van der Waals surface area contributed by atoms with Crippen LogP contribution in [0.4, 0.5) is 0 Å². The molecule has 0 amide bonds. The molecule has 0 aliphatic rings. The van der Waals surface area contributed by atoms with E-state index in [0.717, 1.165) is 61.3 Å². The van der Waals surface area contributed by atoms with Crippen molar-refractivity contribution in [1.29, 1.82) is 0 Å². The Morgan fingerprint density at radius 1 is 0.333 bits per heavy atom. The average Bonchev–Trinajstić information content (AvgIpc) is 3.76. The Labute approximate surface area is 311 Å². The zero-order valence-electron chi connectivity index (χ0n) is 29.3. The Morgan fingerprint density at radius 3 is 1.56 bits per heavy atom. The molecule has 8 aromatic carbocycles. The van der Waals surface area contributed by atoms with Crippen LogP contribution in [0.2, 0.25) is 0 Å². The molecule has 0 radical (unpaired) electrons. The van der Waals surface area contributed by atoms with E-state index >= 15 is 0 Å². The summed E-state index contributed by atoms with van der Waals surface area (Å²) < 4.78 is 4.82. The Hall–Kier alpha value is -7.30. The number of rotatable bonds is 5. The van der Waals surface area contributed by atoms with Gasteiger partial charge >= 0.3 is 0 Å². The van der Waals surface area contributed by atoms with Crippen LogP contribution in [0.15, 0.2) is 194 Å². The van der Waals surface area contributed by atoms with Gasteiger partial charge in [-0.25, -0.2) is 9.97 Å². The fourth-order valence-electron chi connectivity index (χ4n) is 8.30. The van der Waals surface area contributed by atoms with Gasteiger partial charge in [0.2, 0.25) is 0 Å². The molecule has 0 spiro atoms. The lowest BCUT2D eigenvalue weighted by Crippen LogP contribution is -2.00. The number of hydrogen-bond donors (Lipinski definition) is 0. The Balaban J connectivity index is 1.14. The third-order valence-electron chi connectivity index (χ3n) is 10.7. The van der Waals surface area contributed by atoms with Crippen LogP contribution in [0, 0.1) is 0 Å². The number of nitrogens with zero attached hydrogens (tertiary/aromatic N) is 4. The lowest BCUT2D eigenvalue weighted by Gasteiger charge is -2.16. The molecule has 4 nitrogen and oxygen atoms in total. The number of para-hydroxylation sites is 4. The van der Waals surface area contributed by atoms with E-state index in [2.05, 4.69) is 191 Å². The van der Waals surface area contributed by atoms with E-state index in [1.807, 2.05) is 12.1 Å². The minimum atomic E-state index is 0.703. The highest BCUT2D eigenvalue weighted by Gasteiger charge is 2.20. The van der Waals surface area contributed by atoms with E-state index in [1.54, 1.807) is 0 Å². The molecule has 4 heteroatoms. The first-order valence-corrected chi connectivity index (χ1v) is 18.3. The Bertz CT molecular complexity index is 3160. The van der Waals surface area contributed by atoms with Crippen molar-refractivity contribution in [1.82, 2.24) is 19.1 Å². The van der Waals surface area contributed by atoms with E-state index in [4.69, 9.17) is 9.97 Å². The lowest BCUT2D eigenvalue weighted by atomic mass is 9.99. The molecular weight excluding hydrogens is 657 g/mol. The van der Waals surface area contributed by atoms with Gasteiger partial charge in [-0.3, -0.25) is 0 Å². The summed E-state index contributed by atoms with van der Waals surface area (Å²) in [5.74, 6) is 0.703. The Morgan fingerprint density at radius 2 is 0.870 bits per heavy atom. The molecule has 3 aromatic heterocycles. The molecule has 0 fully saturated rings. The van der Waals surface area contributed by atoms with Gasteiger partial charge in [-0.05, 0) is 66.2 Å². The van der Waals surface area contributed by atoms with Crippen molar-refractivity contribution in [2.45, 2.75) is 0 Å². The summed E-state index contributed by atoms with van der Waals surface area (Å²) in [6, 6.07) is 69.1. The van der Waals surface area contributed by atoms with Crippen molar-refractivity contribution in [3.63, 3.8) is 0 Å². The average molecular weight is 689 g/mol. The largest absolute Gasteiger partial charge is 0.309 e. The van der Waals surface area contributed by atoms with Crippen LogP contribution in [0.1, 0.15) is 0 Å². The van der Waals surface area contributed by atoms with Crippen molar-refractivity contribution < 1.29 is 0 Å². The molecule has 0 atom stereocenters. The quantitative estimate of drug-likeness (QED) is 0.180. The molecule has 0 saturated carbocycles. The molecule has 252 valence electrons. The van der Waals surface area contributed by atoms with Gasteiger partial charge in [0.25, 0.3) is 0 Å². The van der Waals surface area contributed by atoms with Crippen LogP contribution < -0.4 is 0 Å². The van der Waals surface area contributed by atoms with E-state index in [0.29, 0.717) is 5.82 Å². The van der Waals surface area contributed by atoms with Gasteiger partial charge < -0.3 is 9.13 Å². The Kier molecular flexibility index (Phi) is 6.82. The molecule has 11 rings (SSSR count). The zero-order chi connectivity index (χ0) is 35.6. The molecule has 0 aliphatic heterocycles. The first kappa shape index (κ1) is 30.3. The van der Waals surface area contributed by atoms with Crippen LogP contribution in [0.25, 0.3) is 99.7 Å². The molecule has 3 heterocycles. The third-order valence-corrected chi connectivity index (χ3v) is 10.7. The first-order valence-electron chi connectivity index (χ1n) is 18.3. The van der Waals surface area contributed by atoms with Crippen molar-refractivity contribution >= 4 is 54.5 Å². The summed E-state index contributed by atoms with van der Waals surface area (Å²) in [5, 5.41) is 5.98. The first-order chi connectivity index (χ1) is 26.8. The number of fused-ring (bicyclic) bond motifs is 7. The SMILES string of the molecule is c1ccc(-c2cc(-c3nc(-c4ccccc4)c4ccccc4n3)ccc2-n2c3ccccc3c3cc(-n4c5ccccc5c5ccccc54)ccc32)cc1. The molecule has 0 aliphatic carbocycles. The molecule has 11 aromatic rings. The number of aromatic nitrogens is 4. The van der Waals surface area contributed by atoms with Gasteiger partial charge in [0.15, 0.2) is 5.82 Å². The van der Waals surface area contributed by atoms with Gasteiger partial charge in [-0.15, -0.1) is 0 Å². The van der Waals surface area contributed by atoms with Gasteiger partial charge in [-0.2, -0.15) is 0 Å². The van der Waals surface area contributed by atoms with Crippen molar-refractivity contribution in [3.8, 4) is 45.1 Å². The van der Waals surface area contributed by atoms with Gasteiger partial charge in [0.1, 0.15) is 0 Å². The normalized spacial score (nSPS) is 11.7. The van der Waals surface area contributed by atoms with Crippen LogP contribution >= 0.6 is 0 Å². The highest BCUT2D eigenvalue weighted by molar-refractivity contribution is 6.12.